The molecular weight excluding hydrogens is 248 g/mol. The van der Waals surface area contributed by atoms with E-state index in [9.17, 15) is 0 Å². The molecule has 0 unspecified atom stereocenters. The molecule has 2 N–H and O–H groups in total. The quantitative estimate of drug-likeness (QED) is 0.927. The molecule has 2 aromatic rings. The summed E-state index contributed by atoms with van der Waals surface area (Å²) in [6, 6.07) is 4.18. The van der Waals surface area contributed by atoms with Crippen LogP contribution in [0.15, 0.2) is 18.3 Å². The van der Waals surface area contributed by atoms with Crippen molar-refractivity contribution in [2.75, 3.05) is 5.73 Å². The van der Waals surface area contributed by atoms with Gasteiger partial charge in [-0.15, -0.1) is 0 Å². The molecule has 2 aromatic heterocycles. The van der Waals surface area contributed by atoms with E-state index in [-0.39, 0.29) is 5.92 Å². The topological polar surface area (TPSA) is 64.7 Å². The van der Waals surface area contributed by atoms with E-state index in [0.29, 0.717) is 12.2 Å². The van der Waals surface area contributed by atoms with Crippen molar-refractivity contribution in [3.63, 3.8) is 0 Å². The Morgan fingerprint density at radius 3 is 2.50 bits per heavy atom. The van der Waals surface area contributed by atoms with Crippen molar-refractivity contribution in [2.24, 2.45) is 0 Å². The smallest absolute Gasteiger partial charge is 0.133 e. The van der Waals surface area contributed by atoms with Crippen LogP contribution in [-0.4, -0.2) is 15.0 Å². The maximum Gasteiger partial charge on any atom is 0.133 e. The number of nitrogen functional groups attached to an aromatic ring is 1. The van der Waals surface area contributed by atoms with Gasteiger partial charge in [0.1, 0.15) is 11.6 Å². The van der Waals surface area contributed by atoms with Crippen LogP contribution in [0.25, 0.3) is 0 Å². The van der Waals surface area contributed by atoms with E-state index in [1.165, 1.54) is 5.56 Å². The lowest BCUT2D eigenvalue weighted by molar-refractivity contribution is 0.758. The Kier molecular flexibility index (Phi) is 4.32. The van der Waals surface area contributed by atoms with Crippen molar-refractivity contribution < 1.29 is 0 Å². The fourth-order valence-electron chi connectivity index (χ4n) is 1.97. The van der Waals surface area contributed by atoms with Crippen molar-refractivity contribution in [3.05, 3.63) is 46.7 Å². The molecule has 0 atom stereocenters. The Balaban J connectivity index is 2.31. The molecule has 0 aromatic carbocycles. The number of pyridine rings is 1. The van der Waals surface area contributed by atoms with Gasteiger partial charge in [-0.1, -0.05) is 26.8 Å². The minimum absolute atomic E-state index is 0.270. The van der Waals surface area contributed by atoms with Crippen LogP contribution in [0.5, 0.6) is 0 Å². The van der Waals surface area contributed by atoms with Crippen LogP contribution >= 0.6 is 0 Å². The van der Waals surface area contributed by atoms with Crippen LogP contribution in [0.3, 0.4) is 0 Å². The second-order valence-electron chi connectivity index (χ2n) is 5.38. The highest BCUT2D eigenvalue weighted by molar-refractivity contribution is 5.42. The van der Waals surface area contributed by atoms with Gasteiger partial charge in [-0.05, 0) is 25.0 Å². The molecule has 0 saturated heterocycles. The van der Waals surface area contributed by atoms with Gasteiger partial charge in [0, 0.05) is 29.8 Å². The molecular formula is C16H22N4. The van der Waals surface area contributed by atoms with Crippen molar-refractivity contribution >= 4 is 5.82 Å². The van der Waals surface area contributed by atoms with Gasteiger partial charge in [0.2, 0.25) is 0 Å². The normalized spacial score (nSPS) is 11.1. The molecule has 0 amide bonds. The maximum atomic E-state index is 5.99. The fourth-order valence-corrected chi connectivity index (χ4v) is 1.97. The first-order valence-corrected chi connectivity index (χ1v) is 7.08. The lowest BCUT2D eigenvalue weighted by atomic mass is 10.1. The predicted molar refractivity (Wildman–Crippen MR) is 81.7 cm³/mol. The van der Waals surface area contributed by atoms with Crippen molar-refractivity contribution in [1.82, 2.24) is 15.0 Å². The average Bonchev–Trinajstić information content (AvgIpc) is 2.44. The molecule has 0 spiro atoms. The first kappa shape index (κ1) is 14.4. The number of nitrogens with zero attached hydrogens (tertiary/aromatic N) is 3. The van der Waals surface area contributed by atoms with E-state index in [2.05, 4.69) is 47.9 Å². The molecule has 4 nitrogen and oxygen atoms in total. The van der Waals surface area contributed by atoms with Gasteiger partial charge in [-0.25, -0.2) is 9.97 Å². The summed E-state index contributed by atoms with van der Waals surface area (Å²) in [5.41, 5.74) is 10.2. The third kappa shape index (κ3) is 3.13. The SMILES string of the molecule is CCc1ccc(Cc2nc(C(C)C)nc(N)c2C)nc1. The van der Waals surface area contributed by atoms with Crippen LogP contribution in [0.1, 0.15) is 55.0 Å². The zero-order valence-corrected chi connectivity index (χ0v) is 12.6. The second kappa shape index (κ2) is 5.99. The van der Waals surface area contributed by atoms with E-state index < -0.39 is 0 Å². The molecule has 0 aliphatic heterocycles. The largest absolute Gasteiger partial charge is 0.383 e. The van der Waals surface area contributed by atoms with Gasteiger partial charge < -0.3 is 5.73 Å². The molecule has 0 aliphatic carbocycles. The summed E-state index contributed by atoms with van der Waals surface area (Å²) in [6.45, 7) is 8.24. The van der Waals surface area contributed by atoms with Gasteiger partial charge in [0.25, 0.3) is 0 Å². The summed E-state index contributed by atoms with van der Waals surface area (Å²) < 4.78 is 0. The number of hydrogen-bond acceptors (Lipinski definition) is 4. The Morgan fingerprint density at radius 2 is 1.95 bits per heavy atom. The van der Waals surface area contributed by atoms with Crippen molar-refractivity contribution in [3.8, 4) is 0 Å². The van der Waals surface area contributed by atoms with Crippen LogP contribution in [-0.2, 0) is 12.8 Å². The summed E-state index contributed by atoms with van der Waals surface area (Å²) in [7, 11) is 0. The highest BCUT2D eigenvalue weighted by atomic mass is 15.0. The Labute approximate surface area is 120 Å². The van der Waals surface area contributed by atoms with Gasteiger partial charge >= 0.3 is 0 Å². The summed E-state index contributed by atoms with van der Waals surface area (Å²) in [4.78, 5) is 13.5. The number of aryl methyl sites for hydroxylation is 1. The lowest BCUT2D eigenvalue weighted by Crippen LogP contribution is -2.09. The predicted octanol–water partition coefficient (Wildman–Crippen LogP) is 3.04. The minimum atomic E-state index is 0.270. The van der Waals surface area contributed by atoms with Gasteiger partial charge in [-0.3, -0.25) is 4.98 Å². The highest BCUT2D eigenvalue weighted by Gasteiger charge is 2.12. The number of anilines is 1. The third-order valence-corrected chi connectivity index (χ3v) is 3.46. The molecule has 0 fully saturated rings. The molecule has 20 heavy (non-hydrogen) atoms. The van der Waals surface area contributed by atoms with E-state index in [1.807, 2.05) is 13.1 Å². The summed E-state index contributed by atoms with van der Waals surface area (Å²) in [6.07, 6.45) is 3.63. The van der Waals surface area contributed by atoms with Crippen LogP contribution < -0.4 is 5.73 Å². The summed E-state index contributed by atoms with van der Waals surface area (Å²) in [5.74, 6) is 1.64. The zero-order valence-electron chi connectivity index (χ0n) is 12.6. The van der Waals surface area contributed by atoms with Crippen molar-refractivity contribution in [1.29, 1.82) is 0 Å². The summed E-state index contributed by atoms with van der Waals surface area (Å²) >= 11 is 0. The minimum Gasteiger partial charge on any atom is -0.383 e. The zero-order chi connectivity index (χ0) is 14.7. The van der Waals surface area contributed by atoms with Crippen LogP contribution in [0.4, 0.5) is 5.82 Å². The molecule has 2 rings (SSSR count). The molecule has 0 aliphatic rings. The Bertz CT molecular complexity index is 588. The van der Waals surface area contributed by atoms with Crippen molar-refractivity contribution in [2.45, 2.75) is 46.5 Å². The van der Waals surface area contributed by atoms with Crippen LogP contribution in [0.2, 0.25) is 0 Å². The second-order valence-corrected chi connectivity index (χ2v) is 5.38. The van der Waals surface area contributed by atoms with E-state index in [4.69, 9.17) is 5.73 Å². The monoisotopic (exact) mass is 270 g/mol. The number of nitrogens with two attached hydrogens (primary N) is 1. The number of hydrogen-bond donors (Lipinski definition) is 1. The molecule has 2 heterocycles. The van der Waals surface area contributed by atoms with Gasteiger partial charge in [0.15, 0.2) is 0 Å². The highest BCUT2D eigenvalue weighted by Crippen LogP contribution is 2.19. The van der Waals surface area contributed by atoms with Crippen LogP contribution in [0, 0.1) is 6.92 Å². The maximum absolute atomic E-state index is 5.99. The molecule has 0 saturated carbocycles. The molecule has 0 radical (unpaired) electrons. The standard InChI is InChI=1S/C16H22N4/c1-5-12-6-7-13(18-9-12)8-14-11(4)15(17)20-16(19-14)10(2)3/h6-7,9-10H,5,8H2,1-4H3,(H2,17,19,20). The van der Waals surface area contributed by atoms with E-state index in [0.717, 1.165) is 29.2 Å². The van der Waals surface area contributed by atoms with E-state index in [1.54, 1.807) is 0 Å². The average molecular weight is 270 g/mol. The fraction of sp³-hybridized carbons (Fsp3) is 0.438. The lowest BCUT2D eigenvalue weighted by Gasteiger charge is -2.11. The molecule has 0 bridgehead atoms. The molecule has 4 heteroatoms. The van der Waals surface area contributed by atoms with Gasteiger partial charge in [0.05, 0.1) is 5.69 Å². The number of rotatable bonds is 4. The van der Waals surface area contributed by atoms with E-state index >= 15 is 0 Å². The summed E-state index contributed by atoms with van der Waals surface area (Å²) in [5, 5.41) is 0. The Morgan fingerprint density at radius 1 is 1.20 bits per heavy atom. The molecule has 106 valence electrons. The number of aromatic nitrogens is 3. The Hall–Kier alpha value is -1.97. The first-order chi connectivity index (χ1) is 9.51. The first-order valence-electron chi connectivity index (χ1n) is 7.08. The van der Waals surface area contributed by atoms with Gasteiger partial charge in [-0.2, -0.15) is 0 Å². The third-order valence-electron chi connectivity index (χ3n) is 3.46.